The van der Waals surface area contributed by atoms with Gasteiger partial charge in [0.2, 0.25) is 17.7 Å². The number of carbonyl (C=O) groups excluding carboxylic acids is 3. The zero-order valence-electron chi connectivity index (χ0n) is 36.7. The van der Waals surface area contributed by atoms with E-state index in [1.165, 1.54) is 18.5 Å². The zero-order valence-corrected chi connectivity index (χ0v) is 36.7. The van der Waals surface area contributed by atoms with Crippen LogP contribution < -0.4 is 16.4 Å². The molecule has 4 fully saturated rings. The summed E-state index contributed by atoms with van der Waals surface area (Å²) < 4.78 is 38.1. The number of benzene rings is 1. The zero-order chi connectivity index (χ0) is 44.7. The van der Waals surface area contributed by atoms with Crippen LogP contribution in [-0.2, 0) is 19.9 Å². The number of hydrogen-bond acceptors (Lipinski definition) is 13. The highest BCUT2D eigenvalue weighted by atomic mass is 19.1. The molecule has 1 atom stereocenters. The van der Waals surface area contributed by atoms with Gasteiger partial charge in [0.05, 0.1) is 16.5 Å². The van der Waals surface area contributed by atoms with Crippen molar-refractivity contribution in [1.82, 2.24) is 50.0 Å². The smallest absolute Gasteiger partial charge is 0.249 e. The van der Waals surface area contributed by atoms with E-state index in [1.807, 2.05) is 42.7 Å². The Labute approximate surface area is 370 Å². The highest BCUT2D eigenvalue weighted by Crippen LogP contribution is 2.48. The van der Waals surface area contributed by atoms with Gasteiger partial charge in [-0.1, -0.05) is 24.4 Å². The van der Waals surface area contributed by atoms with Crippen molar-refractivity contribution in [2.24, 2.45) is 0 Å². The lowest BCUT2D eigenvalue weighted by atomic mass is 9.88. The van der Waals surface area contributed by atoms with Crippen LogP contribution in [0.3, 0.4) is 0 Å². The monoisotopic (exact) mass is 878 g/mol. The van der Waals surface area contributed by atoms with Crippen LogP contribution >= 0.6 is 0 Å². The minimum atomic E-state index is -0.706. The van der Waals surface area contributed by atoms with Gasteiger partial charge < -0.3 is 25.4 Å². The first kappa shape index (κ1) is 43.3. The van der Waals surface area contributed by atoms with Crippen LogP contribution in [0, 0.1) is 11.6 Å². The maximum absolute atomic E-state index is 15.2. The molecule has 0 spiro atoms. The molecule has 7 heterocycles. The van der Waals surface area contributed by atoms with E-state index in [1.54, 1.807) is 0 Å². The van der Waals surface area contributed by atoms with Gasteiger partial charge in [-0.25, -0.2) is 33.4 Å². The number of amides is 3. The number of likely N-dealkylation sites (tertiary alicyclic amines) is 2. The Hall–Kier alpha value is -5.91. The highest BCUT2D eigenvalue weighted by molar-refractivity contribution is 6.02. The topological polar surface area (TPSA) is 203 Å². The Morgan fingerprint density at radius 3 is 2.28 bits per heavy atom. The van der Waals surface area contributed by atoms with Crippen LogP contribution in [0.4, 0.5) is 20.3 Å². The van der Waals surface area contributed by atoms with Gasteiger partial charge in [0.15, 0.2) is 17.2 Å². The lowest BCUT2D eigenvalue weighted by Gasteiger charge is -2.39. The SMILES string of the molecule is CC(C)(C)n1nc(-c2noc(C3CC3)c2-c2ncc(C3CN(C(=O)CCCCCCCN4CCC(c5c(F)cc(NC6CCC(=O)NC6=O)cc5F)CC4)C3)cn2)c2c(N)ncnc21. The van der Waals surface area contributed by atoms with Crippen molar-refractivity contribution in [3.8, 4) is 22.8 Å². The van der Waals surface area contributed by atoms with Crippen LogP contribution in [-0.4, -0.2) is 101 Å². The molecule has 3 aliphatic heterocycles. The normalized spacial score (nSPS) is 19.0. The van der Waals surface area contributed by atoms with Gasteiger partial charge in [-0.05, 0) is 109 Å². The van der Waals surface area contributed by atoms with E-state index in [9.17, 15) is 14.4 Å². The number of hydrogen-bond donors (Lipinski definition) is 3. The molecule has 18 heteroatoms. The van der Waals surface area contributed by atoms with Crippen molar-refractivity contribution < 1.29 is 27.7 Å². The number of nitrogens with zero attached hydrogens (tertiary/aromatic N) is 9. The molecule has 9 rings (SSSR count). The molecule has 4 aliphatic rings. The third kappa shape index (κ3) is 9.06. The average Bonchev–Trinajstić information content (AvgIpc) is 3.86. The van der Waals surface area contributed by atoms with Crippen molar-refractivity contribution in [3.63, 3.8) is 0 Å². The predicted molar refractivity (Wildman–Crippen MR) is 235 cm³/mol. The van der Waals surface area contributed by atoms with E-state index in [-0.39, 0.29) is 59.2 Å². The fraction of sp³-hybridized carbons (Fsp3) is 0.543. The van der Waals surface area contributed by atoms with Gasteiger partial charge in [-0.15, -0.1) is 0 Å². The van der Waals surface area contributed by atoms with E-state index in [0.29, 0.717) is 72.0 Å². The number of anilines is 2. The molecule has 1 saturated carbocycles. The van der Waals surface area contributed by atoms with Crippen LogP contribution in [0.25, 0.3) is 33.8 Å². The quantitative estimate of drug-likeness (QED) is 0.0733. The minimum Gasteiger partial charge on any atom is -0.383 e. The minimum absolute atomic E-state index is 0.110. The summed E-state index contributed by atoms with van der Waals surface area (Å²) in [7, 11) is 0. The summed E-state index contributed by atoms with van der Waals surface area (Å²) in [6.45, 7) is 9.93. The number of aromatic nitrogens is 7. The molecule has 4 aromatic heterocycles. The molecule has 16 nitrogen and oxygen atoms in total. The van der Waals surface area contributed by atoms with E-state index < -0.39 is 23.6 Å². The van der Waals surface area contributed by atoms with Crippen molar-refractivity contribution in [1.29, 1.82) is 0 Å². The summed E-state index contributed by atoms with van der Waals surface area (Å²) in [6.07, 6.45) is 14.5. The summed E-state index contributed by atoms with van der Waals surface area (Å²) in [5.41, 5.74) is 9.68. The van der Waals surface area contributed by atoms with Crippen LogP contribution in [0.1, 0.15) is 132 Å². The first-order chi connectivity index (χ1) is 30.8. The Morgan fingerprint density at radius 1 is 0.891 bits per heavy atom. The number of nitrogen functional groups attached to an aromatic ring is 1. The predicted octanol–water partition coefficient (Wildman–Crippen LogP) is 6.79. The van der Waals surface area contributed by atoms with Crippen LogP contribution in [0.15, 0.2) is 35.4 Å². The van der Waals surface area contributed by atoms with Gasteiger partial charge in [0.1, 0.15) is 41.2 Å². The maximum Gasteiger partial charge on any atom is 0.249 e. The van der Waals surface area contributed by atoms with Crippen molar-refractivity contribution in [2.45, 2.75) is 127 Å². The summed E-state index contributed by atoms with van der Waals surface area (Å²) in [4.78, 5) is 59.2. The van der Waals surface area contributed by atoms with E-state index in [2.05, 4.69) is 30.7 Å². The number of rotatable bonds is 15. The number of carbonyl (C=O) groups is 3. The second-order valence-corrected chi connectivity index (χ2v) is 18.9. The van der Waals surface area contributed by atoms with Crippen molar-refractivity contribution in [2.75, 3.05) is 43.8 Å². The molecule has 338 valence electrons. The molecule has 1 unspecified atom stereocenters. The number of nitrogens with two attached hydrogens (primary N) is 1. The second-order valence-electron chi connectivity index (χ2n) is 18.9. The largest absolute Gasteiger partial charge is 0.383 e. The summed E-state index contributed by atoms with van der Waals surface area (Å²) in [5.74, 6) is -0.108. The maximum atomic E-state index is 15.2. The van der Waals surface area contributed by atoms with Gasteiger partial charge in [-0.3, -0.25) is 19.7 Å². The van der Waals surface area contributed by atoms with Crippen molar-refractivity contribution >= 4 is 40.3 Å². The number of piperidine rings is 2. The Kier molecular flexibility index (Phi) is 12.1. The molecule has 3 saturated heterocycles. The number of nitrogens with one attached hydrogen (secondary N) is 2. The van der Waals surface area contributed by atoms with E-state index in [4.69, 9.17) is 25.3 Å². The standard InChI is InChI=1S/C46H56F2N12O4/c1-46(2,3)60-44-38(42(49)52-25-53-44)39(56-60)40-37(41(64-57-40)27-10-11-27)43-50-21-28(22-51-43)29-23-59(24-29)35(62)9-7-5-4-6-8-16-58-17-14-26(15-18-58)36-31(47)19-30(20-32(36)48)54-33-12-13-34(61)55-45(33)63/h19-22,25-27,29,33,54H,4-18,23-24H2,1-3H3,(H2,49,52,53)(H,55,61,63). The molecular formula is C46H56F2N12O4. The fourth-order valence-corrected chi connectivity index (χ4v) is 9.32. The lowest BCUT2D eigenvalue weighted by Crippen LogP contribution is -2.48. The van der Waals surface area contributed by atoms with Gasteiger partial charge in [-0.2, -0.15) is 5.10 Å². The van der Waals surface area contributed by atoms with Gasteiger partial charge >= 0.3 is 0 Å². The average molecular weight is 879 g/mol. The molecule has 1 aliphatic carbocycles. The molecule has 64 heavy (non-hydrogen) atoms. The van der Waals surface area contributed by atoms with Crippen molar-refractivity contribution in [3.05, 3.63) is 59.4 Å². The third-order valence-electron chi connectivity index (χ3n) is 13.1. The number of imide groups is 1. The lowest BCUT2D eigenvalue weighted by molar-refractivity contribution is -0.136. The summed E-state index contributed by atoms with van der Waals surface area (Å²) in [5, 5.41) is 15.2. The summed E-state index contributed by atoms with van der Waals surface area (Å²) in [6, 6.07) is 1.79. The Morgan fingerprint density at radius 2 is 1.59 bits per heavy atom. The number of halogens is 2. The van der Waals surface area contributed by atoms with Gasteiger partial charge in [0, 0.05) is 61.4 Å². The molecule has 5 aromatic rings. The number of fused-ring (bicyclic) bond motifs is 1. The molecule has 1 aromatic carbocycles. The molecule has 3 amide bonds. The van der Waals surface area contributed by atoms with Gasteiger partial charge in [0.25, 0.3) is 0 Å². The third-order valence-corrected chi connectivity index (χ3v) is 13.1. The van der Waals surface area contributed by atoms with E-state index in [0.717, 1.165) is 75.9 Å². The van der Waals surface area contributed by atoms with Crippen LogP contribution in [0.2, 0.25) is 0 Å². The summed E-state index contributed by atoms with van der Waals surface area (Å²) >= 11 is 0. The molecule has 0 bridgehead atoms. The Balaban J connectivity index is 0.695. The highest BCUT2D eigenvalue weighted by Gasteiger charge is 2.38. The number of unbranched alkanes of at least 4 members (excludes halogenated alkanes) is 4. The second kappa shape index (κ2) is 17.9. The molecule has 4 N–H and O–H groups in total. The van der Waals surface area contributed by atoms with Crippen LogP contribution in [0.5, 0.6) is 0 Å². The first-order valence-electron chi connectivity index (χ1n) is 22.7. The van der Waals surface area contributed by atoms with E-state index >= 15 is 8.78 Å². The molecule has 0 radical (unpaired) electrons. The fourth-order valence-electron chi connectivity index (χ4n) is 9.32. The molecular weight excluding hydrogens is 823 g/mol. The first-order valence-corrected chi connectivity index (χ1v) is 22.7. The Bertz CT molecular complexity index is 2510.